The van der Waals surface area contributed by atoms with Gasteiger partial charge >= 0.3 is 0 Å². The first-order valence-corrected chi connectivity index (χ1v) is 6.24. The topological polar surface area (TPSA) is 85.8 Å². The van der Waals surface area contributed by atoms with Gasteiger partial charge in [-0.15, -0.1) is 10.2 Å². The molecule has 0 unspecified atom stereocenters. The molecule has 2 rings (SSSR count). The molecule has 0 atom stereocenters. The molecular weight excluding hydrogens is 246 g/mol. The molecule has 7 nitrogen and oxygen atoms in total. The maximum Gasteiger partial charge on any atom is 0.272 e. The van der Waals surface area contributed by atoms with Gasteiger partial charge in [0.15, 0.2) is 0 Å². The van der Waals surface area contributed by atoms with E-state index in [2.05, 4.69) is 20.6 Å². The van der Waals surface area contributed by atoms with Crippen molar-refractivity contribution < 1.29 is 9.21 Å². The zero-order chi connectivity index (χ0) is 13.8. The fourth-order valence-corrected chi connectivity index (χ4v) is 1.50. The Morgan fingerprint density at radius 1 is 1.42 bits per heavy atom. The van der Waals surface area contributed by atoms with Crippen molar-refractivity contribution in [2.75, 3.05) is 0 Å². The summed E-state index contributed by atoms with van der Waals surface area (Å²) in [7, 11) is 0. The van der Waals surface area contributed by atoms with Crippen molar-refractivity contribution in [1.29, 1.82) is 0 Å². The van der Waals surface area contributed by atoms with E-state index in [0.29, 0.717) is 23.9 Å². The molecule has 0 saturated carbocycles. The number of rotatable bonds is 5. The molecule has 19 heavy (non-hydrogen) atoms. The molecule has 2 aromatic rings. The Kier molecular flexibility index (Phi) is 3.94. The van der Waals surface area contributed by atoms with Crippen LogP contribution in [0.5, 0.6) is 0 Å². The van der Waals surface area contributed by atoms with Crippen LogP contribution in [-0.4, -0.2) is 25.9 Å². The van der Waals surface area contributed by atoms with Crippen LogP contribution in [-0.2, 0) is 13.0 Å². The molecule has 0 radical (unpaired) electrons. The normalized spacial score (nSPS) is 10.9. The minimum absolute atomic E-state index is 0.209. The van der Waals surface area contributed by atoms with E-state index < -0.39 is 0 Å². The Hall–Kier alpha value is -2.18. The van der Waals surface area contributed by atoms with Gasteiger partial charge in [-0.05, 0) is 19.9 Å². The van der Waals surface area contributed by atoms with Crippen molar-refractivity contribution >= 4 is 5.91 Å². The van der Waals surface area contributed by atoms with Gasteiger partial charge in [-0.1, -0.05) is 6.92 Å². The average molecular weight is 263 g/mol. The van der Waals surface area contributed by atoms with Gasteiger partial charge in [0.25, 0.3) is 5.91 Å². The van der Waals surface area contributed by atoms with Gasteiger partial charge in [-0.3, -0.25) is 9.48 Å². The minimum atomic E-state index is -0.254. The highest BCUT2D eigenvalue weighted by molar-refractivity contribution is 5.91. The van der Waals surface area contributed by atoms with E-state index in [1.165, 1.54) is 0 Å². The van der Waals surface area contributed by atoms with Crippen LogP contribution in [0.1, 0.15) is 49.1 Å². The molecule has 0 fully saturated rings. The Bertz CT molecular complexity index is 558. The summed E-state index contributed by atoms with van der Waals surface area (Å²) in [6.45, 7) is 6.13. The Morgan fingerprint density at radius 3 is 2.74 bits per heavy atom. The lowest BCUT2D eigenvalue weighted by atomic mass is 10.4. The number of nitrogens with zero attached hydrogens (tertiary/aromatic N) is 4. The van der Waals surface area contributed by atoms with E-state index in [1.807, 2.05) is 20.8 Å². The second-order valence-corrected chi connectivity index (χ2v) is 4.40. The van der Waals surface area contributed by atoms with E-state index in [1.54, 1.807) is 16.9 Å². The van der Waals surface area contributed by atoms with E-state index in [-0.39, 0.29) is 18.5 Å². The van der Waals surface area contributed by atoms with Crippen molar-refractivity contribution in [2.45, 2.75) is 39.8 Å². The number of amides is 1. The number of aryl methyl sites for hydroxylation is 1. The summed E-state index contributed by atoms with van der Waals surface area (Å²) in [5, 5.41) is 14.5. The largest absolute Gasteiger partial charge is 0.423 e. The maximum atomic E-state index is 11.9. The lowest BCUT2D eigenvalue weighted by Gasteiger charge is -2.03. The molecule has 0 aliphatic rings. The molecule has 102 valence electrons. The summed E-state index contributed by atoms with van der Waals surface area (Å²) < 4.78 is 7.03. The molecule has 2 heterocycles. The lowest BCUT2D eigenvalue weighted by molar-refractivity contribution is 0.0941. The van der Waals surface area contributed by atoms with E-state index in [0.717, 1.165) is 0 Å². The van der Waals surface area contributed by atoms with E-state index >= 15 is 0 Å². The first-order chi connectivity index (χ1) is 9.10. The fraction of sp³-hybridized carbons (Fsp3) is 0.500. The second-order valence-electron chi connectivity index (χ2n) is 4.40. The summed E-state index contributed by atoms with van der Waals surface area (Å²) in [4.78, 5) is 11.9. The number of aromatic nitrogens is 4. The Morgan fingerprint density at radius 2 is 2.16 bits per heavy atom. The molecule has 0 aliphatic heterocycles. The number of carbonyl (C=O) groups excluding carboxylic acids is 1. The third-order valence-corrected chi connectivity index (χ3v) is 2.58. The third-order valence-electron chi connectivity index (χ3n) is 2.58. The van der Waals surface area contributed by atoms with Crippen molar-refractivity contribution in [2.24, 2.45) is 0 Å². The summed E-state index contributed by atoms with van der Waals surface area (Å²) in [6, 6.07) is 1.91. The van der Waals surface area contributed by atoms with E-state index in [4.69, 9.17) is 4.42 Å². The molecule has 0 spiro atoms. The minimum Gasteiger partial charge on any atom is -0.423 e. The second kappa shape index (κ2) is 5.64. The molecule has 0 saturated heterocycles. The average Bonchev–Trinajstić information content (AvgIpc) is 3.04. The summed E-state index contributed by atoms with van der Waals surface area (Å²) >= 11 is 0. The summed E-state index contributed by atoms with van der Waals surface area (Å²) in [5.74, 6) is 0.706. The van der Waals surface area contributed by atoms with Crippen molar-refractivity contribution in [3.05, 3.63) is 29.7 Å². The third kappa shape index (κ3) is 3.18. The van der Waals surface area contributed by atoms with Gasteiger partial charge in [-0.25, -0.2) is 0 Å². The van der Waals surface area contributed by atoms with Crippen molar-refractivity contribution in [3.63, 3.8) is 0 Å². The number of hydrogen-bond donors (Lipinski definition) is 1. The van der Waals surface area contributed by atoms with Gasteiger partial charge in [0.05, 0.1) is 6.54 Å². The predicted molar refractivity (Wildman–Crippen MR) is 67.5 cm³/mol. The quantitative estimate of drug-likeness (QED) is 0.879. The van der Waals surface area contributed by atoms with Crippen LogP contribution < -0.4 is 5.32 Å². The van der Waals surface area contributed by atoms with Crippen LogP contribution in [0.4, 0.5) is 0 Å². The molecule has 0 aromatic carbocycles. The smallest absolute Gasteiger partial charge is 0.272 e. The number of carbonyl (C=O) groups is 1. The zero-order valence-electron chi connectivity index (χ0n) is 11.3. The van der Waals surface area contributed by atoms with Crippen LogP contribution >= 0.6 is 0 Å². The first-order valence-electron chi connectivity index (χ1n) is 6.24. The van der Waals surface area contributed by atoms with Gasteiger partial charge in [0.1, 0.15) is 5.69 Å². The molecule has 7 heteroatoms. The monoisotopic (exact) mass is 263 g/mol. The molecule has 1 amide bonds. The number of hydrogen-bond acceptors (Lipinski definition) is 5. The SMILES string of the molecule is CCc1nnc(CNC(=O)c2ccn(C(C)C)n2)o1. The lowest BCUT2D eigenvalue weighted by Crippen LogP contribution is -2.23. The van der Waals surface area contributed by atoms with Gasteiger partial charge in [0, 0.05) is 18.7 Å². The molecular formula is C12H17N5O2. The van der Waals surface area contributed by atoms with Gasteiger partial charge in [0.2, 0.25) is 11.8 Å². The van der Waals surface area contributed by atoms with Crippen LogP contribution in [0.25, 0.3) is 0 Å². The van der Waals surface area contributed by atoms with Crippen molar-refractivity contribution in [3.8, 4) is 0 Å². The summed E-state index contributed by atoms with van der Waals surface area (Å²) in [6.07, 6.45) is 2.46. The highest BCUT2D eigenvalue weighted by Gasteiger charge is 2.12. The summed E-state index contributed by atoms with van der Waals surface area (Å²) in [5.41, 5.74) is 0.379. The van der Waals surface area contributed by atoms with Gasteiger partial charge in [-0.2, -0.15) is 5.10 Å². The van der Waals surface area contributed by atoms with Crippen LogP contribution in [0, 0.1) is 0 Å². The van der Waals surface area contributed by atoms with Gasteiger partial charge < -0.3 is 9.73 Å². The number of nitrogens with one attached hydrogen (secondary N) is 1. The molecule has 2 aromatic heterocycles. The Balaban J connectivity index is 1.93. The fourth-order valence-electron chi connectivity index (χ4n) is 1.50. The van der Waals surface area contributed by atoms with Crippen LogP contribution in [0.15, 0.2) is 16.7 Å². The molecule has 1 N–H and O–H groups in total. The zero-order valence-corrected chi connectivity index (χ0v) is 11.3. The van der Waals surface area contributed by atoms with Crippen LogP contribution in [0.3, 0.4) is 0 Å². The van der Waals surface area contributed by atoms with E-state index in [9.17, 15) is 4.79 Å². The molecule has 0 aliphatic carbocycles. The highest BCUT2D eigenvalue weighted by Crippen LogP contribution is 2.05. The maximum absolute atomic E-state index is 11.9. The first kappa shape index (κ1) is 13.3. The molecule has 0 bridgehead atoms. The Labute approximate surface area is 111 Å². The standard InChI is InChI=1S/C12H17N5O2/c1-4-10-14-15-11(19-10)7-13-12(18)9-5-6-17(16-9)8(2)3/h5-6,8H,4,7H2,1-3H3,(H,13,18). The van der Waals surface area contributed by atoms with Crippen molar-refractivity contribution in [1.82, 2.24) is 25.3 Å². The predicted octanol–water partition coefficient (Wildman–Crippen LogP) is 1.34. The highest BCUT2D eigenvalue weighted by atomic mass is 16.4. The van der Waals surface area contributed by atoms with Crippen LogP contribution in [0.2, 0.25) is 0 Å².